The van der Waals surface area contributed by atoms with Crippen molar-refractivity contribution in [1.29, 1.82) is 0 Å². The SMILES string of the molecule is CCC(C)NC(=O)/C=C/c1ccc(Cl)c(C(F)(F)F)c1. The van der Waals surface area contributed by atoms with E-state index in [0.717, 1.165) is 18.6 Å². The molecule has 1 rings (SSSR count). The topological polar surface area (TPSA) is 29.1 Å². The molecule has 1 amide bonds. The number of hydrogen-bond donors (Lipinski definition) is 1. The molecule has 0 aliphatic rings. The Morgan fingerprint density at radius 2 is 2.10 bits per heavy atom. The van der Waals surface area contributed by atoms with Gasteiger partial charge in [-0.3, -0.25) is 4.79 Å². The van der Waals surface area contributed by atoms with Gasteiger partial charge in [-0.25, -0.2) is 0 Å². The Bertz CT molecular complexity index is 512. The van der Waals surface area contributed by atoms with Crippen molar-refractivity contribution < 1.29 is 18.0 Å². The number of rotatable bonds is 4. The van der Waals surface area contributed by atoms with Crippen LogP contribution in [0.25, 0.3) is 6.08 Å². The van der Waals surface area contributed by atoms with Gasteiger partial charge in [0.25, 0.3) is 0 Å². The van der Waals surface area contributed by atoms with Crippen LogP contribution in [0.3, 0.4) is 0 Å². The Morgan fingerprint density at radius 3 is 2.65 bits per heavy atom. The Labute approximate surface area is 120 Å². The molecule has 110 valence electrons. The van der Waals surface area contributed by atoms with Gasteiger partial charge in [0.05, 0.1) is 10.6 Å². The highest BCUT2D eigenvalue weighted by Crippen LogP contribution is 2.35. The number of hydrogen-bond acceptors (Lipinski definition) is 1. The molecule has 6 heteroatoms. The standard InChI is InChI=1S/C14H15ClF3NO/c1-3-9(2)19-13(20)7-5-10-4-6-12(15)11(8-10)14(16,17)18/h4-9H,3H2,1-2H3,(H,19,20)/b7-5+. The summed E-state index contributed by atoms with van der Waals surface area (Å²) in [6.45, 7) is 3.76. The van der Waals surface area contributed by atoms with Crippen molar-refractivity contribution in [2.24, 2.45) is 0 Å². The third kappa shape index (κ3) is 4.89. The number of halogens is 4. The average Bonchev–Trinajstić information content (AvgIpc) is 2.36. The van der Waals surface area contributed by atoms with Crippen molar-refractivity contribution in [3.05, 3.63) is 40.4 Å². The molecule has 1 aromatic carbocycles. The molecule has 1 atom stereocenters. The second kappa shape index (κ2) is 6.79. The van der Waals surface area contributed by atoms with Gasteiger partial charge < -0.3 is 5.32 Å². The third-order valence-corrected chi connectivity index (χ3v) is 3.05. The van der Waals surface area contributed by atoms with Crippen LogP contribution in [0.1, 0.15) is 31.4 Å². The summed E-state index contributed by atoms with van der Waals surface area (Å²) in [5.41, 5.74) is -0.648. The van der Waals surface area contributed by atoms with Crippen LogP contribution in [0.2, 0.25) is 5.02 Å². The van der Waals surface area contributed by atoms with Crippen LogP contribution in [0.4, 0.5) is 13.2 Å². The number of carbonyl (C=O) groups excluding carboxylic acids is 1. The molecule has 0 bridgehead atoms. The van der Waals surface area contributed by atoms with E-state index in [2.05, 4.69) is 5.32 Å². The first-order chi connectivity index (χ1) is 9.24. The Balaban J connectivity index is 2.86. The van der Waals surface area contributed by atoms with Gasteiger partial charge in [0.1, 0.15) is 0 Å². The molecule has 0 saturated heterocycles. The van der Waals surface area contributed by atoms with E-state index in [0.29, 0.717) is 0 Å². The van der Waals surface area contributed by atoms with E-state index in [4.69, 9.17) is 11.6 Å². The predicted molar refractivity (Wildman–Crippen MR) is 73.4 cm³/mol. The summed E-state index contributed by atoms with van der Waals surface area (Å²) in [7, 11) is 0. The minimum Gasteiger partial charge on any atom is -0.350 e. The second-order valence-electron chi connectivity index (χ2n) is 4.39. The summed E-state index contributed by atoms with van der Waals surface area (Å²) >= 11 is 5.51. The normalized spacial score (nSPS) is 13.5. The van der Waals surface area contributed by atoms with E-state index in [1.807, 2.05) is 13.8 Å². The minimum absolute atomic E-state index is 0.0168. The quantitative estimate of drug-likeness (QED) is 0.826. The highest BCUT2D eigenvalue weighted by molar-refractivity contribution is 6.31. The summed E-state index contributed by atoms with van der Waals surface area (Å²) in [6, 6.07) is 3.51. The van der Waals surface area contributed by atoms with Crippen LogP contribution in [0.15, 0.2) is 24.3 Å². The Morgan fingerprint density at radius 1 is 1.45 bits per heavy atom. The molecule has 0 spiro atoms. The van der Waals surface area contributed by atoms with Crippen molar-refractivity contribution in [1.82, 2.24) is 5.32 Å². The lowest BCUT2D eigenvalue weighted by atomic mass is 10.1. The van der Waals surface area contributed by atoms with Gasteiger partial charge >= 0.3 is 6.18 Å². The van der Waals surface area contributed by atoms with Crippen molar-refractivity contribution in [3.63, 3.8) is 0 Å². The van der Waals surface area contributed by atoms with E-state index < -0.39 is 11.7 Å². The van der Waals surface area contributed by atoms with Crippen LogP contribution in [0, 0.1) is 0 Å². The Kier molecular flexibility index (Phi) is 5.62. The van der Waals surface area contributed by atoms with Crippen LogP contribution in [0.5, 0.6) is 0 Å². The zero-order valence-electron chi connectivity index (χ0n) is 11.1. The van der Waals surface area contributed by atoms with Crippen LogP contribution >= 0.6 is 11.6 Å². The summed E-state index contributed by atoms with van der Waals surface area (Å²) in [4.78, 5) is 11.5. The van der Waals surface area contributed by atoms with E-state index in [1.54, 1.807) is 0 Å². The maximum Gasteiger partial charge on any atom is 0.417 e. The maximum atomic E-state index is 12.7. The molecule has 0 radical (unpaired) electrons. The monoisotopic (exact) mass is 305 g/mol. The van der Waals surface area contributed by atoms with Crippen molar-refractivity contribution in [2.45, 2.75) is 32.5 Å². The van der Waals surface area contributed by atoms with Gasteiger partial charge in [0.15, 0.2) is 0 Å². The molecule has 0 aliphatic carbocycles. The fourth-order valence-corrected chi connectivity index (χ4v) is 1.65. The lowest BCUT2D eigenvalue weighted by molar-refractivity contribution is -0.137. The molecule has 1 N–H and O–H groups in total. The van der Waals surface area contributed by atoms with Gasteiger partial charge in [-0.15, -0.1) is 0 Å². The van der Waals surface area contributed by atoms with Crippen molar-refractivity contribution in [3.8, 4) is 0 Å². The number of alkyl halides is 3. The summed E-state index contributed by atoms with van der Waals surface area (Å²) in [5.74, 6) is -0.345. The highest BCUT2D eigenvalue weighted by atomic mass is 35.5. The zero-order valence-corrected chi connectivity index (χ0v) is 11.8. The van der Waals surface area contributed by atoms with Gasteiger partial charge in [-0.1, -0.05) is 24.6 Å². The predicted octanol–water partition coefficient (Wildman–Crippen LogP) is 4.29. The summed E-state index contributed by atoms with van der Waals surface area (Å²) < 4.78 is 38.0. The van der Waals surface area contributed by atoms with E-state index >= 15 is 0 Å². The molecule has 1 unspecified atom stereocenters. The number of carbonyl (C=O) groups is 1. The van der Waals surface area contributed by atoms with E-state index in [1.165, 1.54) is 18.2 Å². The lowest BCUT2D eigenvalue weighted by Crippen LogP contribution is -2.30. The molecule has 0 aromatic heterocycles. The van der Waals surface area contributed by atoms with Gasteiger partial charge in [-0.05, 0) is 37.1 Å². The average molecular weight is 306 g/mol. The lowest BCUT2D eigenvalue weighted by Gasteiger charge is -2.10. The van der Waals surface area contributed by atoms with Crippen molar-refractivity contribution >= 4 is 23.6 Å². The summed E-state index contributed by atoms with van der Waals surface area (Å²) in [5, 5.41) is 2.32. The fourth-order valence-electron chi connectivity index (χ4n) is 1.43. The molecule has 0 heterocycles. The molecule has 0 saturated carbocycles. The number of nitrogens with one attached hydrogen (secondary N) is 1. The smallest absolute Gasteiger partial charge is 0.350 e. The first-order valence-corrected chi connectivity index (χ1v) is 6.47. The first kappa shape index (κ1) is 16.6. The van der Waals surface area contributed by atoms with Crippen LogP contribution in [-0.4, -0.2) is 11.9 Å². The van der Waals surface area contributed by atoms with E-state index in [-0.39, 0.29) is 22.5 Å². The Hall–Kier alpha value is -1.49. The van der Waals surface area contributed by atoms with Gasteiger partial charge in [0, 0.05) is 12.1 Å². The third-order valence-electron chi connectivity index (χ3n) is 2.72. The van der Waals surface area contributed by atoms with E-state index in [9.17, 15) is 18.0 Å². The van der Waals surface area contributed by atoms with Gasteiger partial charge in [-0.2, -0.15) is 13.2 Å². The largest absolute Gasteiger partial charge is 0.417 e. The maximum absolute atomic E-state index is 12.7. The number of benzene rings is 1. The second-order valence-corrected chi connectivity index (χ2v) is 4.80. The molecular formula is C14H15ClF3NO. The molecular weight excluding hydrogens is 291 g/mol. The fraction of sp³-hybridized carbons (Fsp3) is 0.357. The molecule has 0 fully saturated rings. The zero-order chi connectivity index (χ0) is 15.3. The highest BCUT2D eigenvalue weighted by Gasteiger charge is 2.33. The van der Waals surface area contributed by atoms with Crippen molar-refractivity contribution in [2.75, 3.05) is 0 Å². The molecule has 20 heavy (non-hydrogen) atoms. The van der Waals surface area contributed by atoms with Gasteiger partial charge in [0.2, 0.25) is 5.91 Å². The first-order valence-electron chi connectivity index (χ1n) is 6.09. The molecule has 0 aliphatic heterocycles. The summed E-state index contributed by atoms with van der Waals surface area (Å²) in [6.07, 6.45) is -1.21. The number of amides is 1. The van der Waals surface area contributed by atoms with Crippen LogP contribution < -0.4 is 5.32 Å². The molecule has 1 aromatic rings. The molecule has 2 nitrogen and oxygen atoms in total. The minimum atomic E-state index is -4.51. The van der Waals surface area contributed by atoms with Crippen LogP contribution in [-0.2, 0) is 11.0 Å².